The number of nitro groups is 1. The highest BCUT2D eigenvalue weighted by atomic mass is 35.5. The van der Waals surface area contributed by atoms with Crippen molar-refractivity contribution in [3.05, 3.63) is 70.1 Å². The number of hydrogen-bond donors (Lipinski definition) is 1. The van der Waals surface area contributed by atoms with Crippen LogP contribution in [0, 0.1) is 10.1 Å². The Labute approximate surface area is 190 Å². The number of carbonyl (C=O) groups is 1. The van der Waals surface area contributed by atoms with Gasteiger partial charge in [-0.25, -0.2) is 14.6 Å². The molecule has 2 aromatic carbocycles. The number of benzene rings is 2. The highest BCUT2D eigenvalue weighted by Crippen LogP contribution is 2.30. The maximum absolute atomic E-state index is 12.5. The van der Waals surface area contributed by atoms with Gasteiger partial charge in [-0.1, -0.05) is 35.5 Å². The zero-order valence-corrected chi connectivity index (χ0v) is 18.1. The number of aromatic nitrogens is 4. The number of rotatable bonds is 7. The molecule has 162 valence electrons. The third kappa shape index (κ3) is 4.34. The van der Waals surface area contributed by atoms with Crippen molar-refractivity contribution in [3.63, 3.8) is 0 Å². The summed E-state index contributed by atoms with van der Waals surface area (Å²) in [5, 5.41) is 19.8. The van der Waals surface area contributed by atoms with Crippen LogP contribution >= 0.6 is 23.4 Å². The van der Waals surface area contributed by atoms with Crippen molar-refractivity contribution in [2.45, 2.75) is 5.03 Å². The van der Waals surface area contributed by atoms with Crippen LogP contribution in [0.5, 0.6) is 5.75 Å². The smallest absolute Gasteiger partial charge is 0.273 e. The summed E-state index contributed by atoms with van der Waals surface area (Å²) in [6, 6.07) is 11.2. The van der Waals surface area contributed by atoms with Gasteiger partial charge in [-0.3, -0.25) is 14.9 Å². The maximum Gasteiger partial charge on any atom is 0.273 e. The standard InChI is InChI=1S/C20H15ClN6O4S/c1-31-17-8-12(27(29)30)6-7-15(17)25-18(28)10-32-20-13-9-24-26(19(13)22-11-23-20)16-5-3-2-4-14(16)21/h2-9,11H,10H2,1H3,(H,25,28). The summed E-state index contributed by atoms with van der Waals surface area (Å²) in [5.74, 6) is -0.0841. The first-order valence-electron chi connectivity index (χ1n) is 9.16. The van der Waals surface area contributed by atoms with Crippen LogP contribution in [0.25, 0.3) is 16.7 Å². The molecule has 10 nitrogen and oxygen atoms in total. The Morgan fingerprint density at radius 2 is 2.09 bits per heavy atom. The van der Waals surface area contributed by atoms with E-state index in [-0.39, 0.29) is 23.1 Å². The van der Waals surface area contributed by atoms with E-state index >= 15 is 0 Å². The van der Waals surface area contributed by atoms with Gasteiger partial charge in [0.2, 0.25) is 5.91 Å². The number of nitrogens with one attached hydrogen (secondary N) is 1. The van der Waals surface area contributed by atoms with Crippen LogP contribution in [-0.2, 0) is 4.79 Å². The number of thioether (sulfide) groups is 1. The molecule has 1 N–H and O–H groups in total. The Bertz CT molecular complexity index is 1330. The molecule has 12 heteroatoms. The van der Waals surface area contributed by atoms with Gasteiger partial charge < -0.3 is 10.1 Å². The topological polar surface area (TPSA) is 125 Å². The number of ether oxygens (including phenoxy) is 1. The highest BCUT2D eigenvalue weighted by molar-refractivity contribution is 8.00. The molecule has 2 aromatic heterocycles. The van der Waals surface area contributed by atoms with E-state index in [4.69, 9.17) is 16.3 Å². The number of non-ortho nitro benzene ring substituents is 1. The fourth-order valence-corrected chi connectivity index (χ4v) is 3.93. The van der Waals surface area contributed by atoms with Crippen LogP contribution in [-0.4, -0.2) is 43.4 Å². The second-order valence-electron chi connectivity index (χ2n) is 6.40. The summed E-state index contributed by atoms with van der Waals surface area (Å²) in [4.78, 5) is 31.4. The van der Waals surface area contributed by atoms with E-state index in [0.717, 1.165) is 0 Å². The first kappa shape index (κ1) is 21.5. The van der Waals surface area contributed by atoms with E-state index in [1.165, 1.54) is 43.4 Å². The fraction of sp³-hybridized carbons (Fsp3) is 0.100. The average molecular weight is 471 g/mol. The third-order valence-electron chi connectivity index (χ3n) is 4.42. The second kappa shape index (κ2) is 9.20. The number of anilines is 1. The number of fused-ring (bicyclic) bond motifs is 1. The molecule has 0 atom stereocenters. The SMILES string of the molecule is COc1cc([N+](=O)[O-])ccc1NC(=O)CSc1ncnc2c1cnn2-c1ccccc1Cl. The molecule has 0 fully saturated rings. The minimum absolute atomic E-state index is 0.0452. The molecule has 4 rings (SSSR count). The van der Waals surface area contributed by atoms with Gasteiger partial charge in [-0.15, -0.1) is 0 Å². The molecule has 4 aromatic rings. The van der Waals surface area contributed by atoms with Crippen molar-refractivity contribution in [2.75, 3.05) is 18.2 Å². The summed E-state index contributed by atoms with van der Waals surface area (Å²) in [6.07, 6.45) is 3.02. The molecule has 0 unspecified atom stereocenters. The summed E-state index contributed by atoms with van der Waals surface area (Å²) < 4.78 is 6.76. The van der Waals surface area contributed by atoms with Gasteiger partial charge in [0.1, 0.15) is 17.1 Å². The number of methoxy groups -OCH3 is 1. The minimum atomic E-state index is -0.535. The monoisotopic (exact) mass is 470 g/mol. The van der Waals surface area contributed by atoms with Gasteiger partial charge >= 0.3 is 0 Å². The van der Waals surface area contributed by atoms with Gasteiger partial charge in [0, 0.05) is 6.07 Å². The van der Waals surface area contributed by atoms with Crippen molar-refractivity contribution < 1.29 is 14.5 Å². The summed E-state index contributed by atoms with van der Waals surface area (Å²) in [6.45, 7) is 0. The van der Waals surface area contributed by atoms with Gasteiger partial charge in [0.05, 0.1) is 51.8 Å². The van der Waals surface area contributed by atoms with Crippen LogP contribution in [0.2, 0.25) is 5.02 Å². The number of nitrogens with zero attached hydrogens (tertiary/aromatic N) is 5. The van der Waals surface area contributed by atoms with Crippen LogP contribution in [0.1, 0.15) is 0 Å². The third-order valence-corrected chi connectivity index (χ3v) is 5.74. The summed E-state index contributed by atoms with van der Waals surface area (Å²) >= 11 is 7.49. The molecule has 0 aliphatic rings. The quantitative estimate of drug-likeness (QED) is 0.185. The van der Waals surface area contributed by atoms with E-state index in [9.17, 15) is 14.9 Å². The zero-order chi connectivity index (χ0) is 22.7. The molecule has 2 heterocycles. The number of nitro benzene ring substituents is 1. The van der Waals surface area contributed by atoms with Crippen molar-refractivity contribution in [1.29, 1.82) is 0 Å². The van der Waals surface area contributed by atoms with E-state index < -0.39 is 4.92 Å². The van der Waals surface area contributed by atoms with Crippen molar-refractivity contribution in [3.8, 4) is 11.4 Å². The molecule has 1 amide bonds. The Morgan fingerprint density at radius 1 is 1.28 bits per heavy atom. The predicted octanol–water partition coefficient (Wildman–Crippen LogP) is 4.12. The van der Waals surface area contributed by atoms with Crippen LogP contribution < -0.4 is 10.1 Å². The van der Waals surface area contributed by atoms with Gasteiger partial charge in [0.15, 0.2) is 5.65 Å². The number of amides is 1. The maximum atomic E-state index is 12.5. The average Bonchev–Trinajstić information content (AvgIpc) is 3.22. The number of carbonyl (C=O) groups excluding carboxylic acids is 1. The highest BCUT2D eigenvalue weighted by Gasteiger charge is 2.16. The molecule has 0 radical (unpaired) electrons. The van der Waals surface area contributed by atoms with E-state index in [1.54, 1.807) is 16.9 Å². The molecule has 0 spiro atoms. The number of para-hydroxylation sites is 1. The van der Waals surface area contributed by atoms with Crippen molar-refractivity contribution in [1.82, 2.24) is 19.7 Å². The molecule has 0 saturated heterocycles. The van der Waals surface area contributed by atoms with Crippen molar-refractivity contribution >= 4 is 51.7 Å². The van der Waals surface area contributed by atoms with E-state index in [0.29, 0.717) is 32.5 Å². The lowest BCUT2D eigenvalue weighted by Gasteiger charge is -2.10. The second-order valence-corrected chi connectivity index (χ2v) is 7.77. The minimum Gasteiger partial charge on any atom is -0.494 e. The molecule has 32 heavy (non-hydrogen) atoms. The van der Waals surface area contributed by atoms with Crippen LogP contribution in [0.15, 0.2) is 60.0 Å². The van der Waals surface area contributed by atoms with Gasteiger partial charge in [-0.05, 0) is 18.2 Å². The Kier molecular flexibility index (Phi) is 6.19. The number of hydrogen-bond acceptors (Lipinski definition) is 8. The zero-order valence-electron chi connectivity index (χ0n) is 16.6. The van der Waals surface area contributed by atoms with Gasteiger partial charge in [0.25, 0.3) is 5.69 Å². The van der Waals surface area contributed by atoms with Crippen LogP contribution in [0.4, 0.5) is 11.4 Å². The predicted molar refractivity (Wildman–Crippen MR) is 121 cm³/mol. The molecular formula is C20H15ClN6O4S. The van der Waals surface area contributed by atoms with Crippen LogP contribution in [0.3, 0.4) is 0 Å². The normalized spacial score (nSPS) is 10.8. The molecule has 0 aliphatic carbocycles. The lowest BCUT2D eigenvalue weighted by molar-refractivity contribution is -0.384. The Balaban J connectivity index is 1.51. The van der Waals surface area contributed by atoms with Gasteiger partial charge in [-0.2, -0.15) is 5.10 Å². The lowest BCUT2D eigenvalue weighted by Crippen LogP contribution is -2.15. The number of halogens is 1. The molecule has 0 saturated carbocycles. The summed E-state index contributed by atoms with van der Waals surface area (Å²) in [7, 11) is 1.37. The van der Waals surface area contributed by atoms with E-state index in [1.807, 2.05) is 18.2 Å². The Morgan fingerprint density at radius 3 is 2.84 bits per heavy atom. The fourth-order valence-electron chi connectivity index (χ4n) is 2.95. The molecule has 0 bridgehead atoms. The molecular weight excluding hydrogens is 456 g/mol. The molecule has 0 aliphatic heterocycles. The lowest BCUT2D eigenvalue weighted by atomic mass is 10.2. The Hall–Kier alpha value is -3.70. The summed E-state index contributed by atoms with van der Waals surface area (Å²) in [5.41, 5.74) is 1.45. The first-order valence-corrected chi connectivity index (χ1v) is 10.5. The van der Waals surface area contributed by atoms with Crippen molar-refractivity contribution in [2.24, 2.45) is 0 Å². The van der Waals surface area contributed by atoms with E-state index in [2.05, 4.69) is 20.4 Å². The first-order chi connectivity index (χ1) is 15.5. The largest absolute Gasteiger partial charge is 0.494 e.